The quantitative estimate of drug-likeness (QED) is 0.748. The third-order valence-corrected chi connectivity index (χ3v) is 2.79. The van der Waals surface area contributed by atoms with Crippen LogP contribution >= 0.6 is 11.8 Å². The fourth-order valence-electron chi connectivity index (χ4n) is 1.19. The van der Waals surface area contributed by atoms with Crippen molar-refractivity contribution >= 4 is 11.8 Å². The van der Waals surface area contributed by atoms with Crippen LogP contribution in [0.3, 0.4) is 0 Å². The van der Waals surface area contributed by atoms with E-state index in [-0.39, 0.29) is 0 Å². The molecular formula is C11H17NS. The molecule has 1 nitrogen and oxygen atoms in total. The van der Waals surface area contributed by atoms with Crippen molar-refractivity contribution in [3.63, 3.8) is 0 Å². The highest BCUT2D eigenvalue weighted by Gasteiger charge is 1.96. The molecule has 0 aliphatic rings. The topological polar surface area (TPSA) is 26.0 Å². The van der Waals surface area contributed by atoms with Gasteiger partial charge < -0.3 is 5.73 Å². The van der Waals surface area contributed by atoms with E-state index in [1.807, 2.05) is 0 Å². The van der Waals surface area contributed by atoms with Crippen molar-refractivity contribution < 1.29 is 0 Å². The number of nitrogens with two attached hydrogens (primary N) is 1. The van der Waals surface area contributed by atoms with Gasteiger partial charge in [-0.2, -0.15) is 0 Å². The van der Waals surface area contributed by atoms with Gasteiger partial charge in [0.05, 0.1) is 0 Å². The molecule has 1 rings (SSSR count). The van der Waals surface area contributed by atoms with E-state index >= 15 is 0 Å². The summed E-state index contributed by atoms with van der Waals surface area (Å²) in [6, 6.07) is 9.02. The third-order valence-electron chi connectivity index (χ3n) is 2.05. The van der Waals surface area contributed by atoms with E-state index in [1.54, 1.807) is 11.8 Å². The van der Waals surface area contributed by atoms with Gasteiger partial charge in [-0.15, -0.1) is 11.8 Å². The zero-order valence-corrected chi connectivity index (χ0v) is 9.10. The predicted molar refractivity (Wildman–Crippen MR) is 60.2 cm³/mol. The molecule has 0 heterocycles. The van der Waals surface area contributed by atoms with Gasteiger partial charge in [0.15, 0.2) is 0 Å². The average molecular weight is 195 g/mol. The number of aryl methyl sites for hydroxylation is 1. The molecule has 13 heavy (non-hydrogen) atoms. The highest BCUT2D eigenvalue weighted by atomic mass is 32.2. The van der Waals surface area contributed by atoms with Crippen LogP contribution in [0.2, 0.25) is 0 Å². The Labute approximate surface area is 84.7 Å². The number of hydrogen-bond donors (Lipinski definition) is 1. The maximum atomic E-state index is 5.69. The van der Waals surface area contributed by atoms with Gasteiger partial charge in [0, 0.05) is 10.9 Å². The SMILES string of the molecule is CSc1ccc(CC[C@@H](C)N)cc1. The van der Waals surface area contributed by atoms with Crippen LogP contribution in [-0.2, 0) is 6.42 Å². The Hall–Kier alpha value is -0.470. The summed E-state index contributed by atoms with van der Waals surface area (Å²) in [6.45, 7) is 2.05. The van der Waals surface area contributed by atoms with E-state index in [1.165, 1.54) is 10.5 Å². The maximum Gasteiger partial charge on any atom is 0.00693 e. The predicted octanol–water partition coefficient (Wildman–Crippen LogP) is 2.69. The molecule has 0 bridgehead atoms. The second-order valence-electron chi connectivity index (χ2n) is 3.36. The molecule has 2 N–H and O–H groups in total. The second-order valence-corrected chi connectivity index (χ2v) is 4.24. The average Bonchev–Trinajstić information content (AvgIpc) is 2.15. The Bertz CT molecular complexity index is 241. The molecule has 1 atom stereocenters. The third kappa shape index (κ3) is 3.83. The van der Waals surface area contributed by atoms with Gasteiger partial charge in [0.2, 0.25) is 0 Å². The molecule has 0 amide bonds. The van der Waals surface area contributed by atoms with Gasteiger partial charge in [-0.3, -0.25) is 0 Å². The number of rotatable bonds is 4. The van der Waals surface area contributed by atoms with Crippen molar-refractivity contribution in [2.45, 2.75) is 30.7 Å². The molecule has 0 radical (unpaired) electrons. The van der Waals surface area contributed by atoms with Crippen molar-refractivity contribution in [2.75, 3.05) is 6.26 Å². The minimum atomic E-state index is 0.306. The summed E-state index contributed by atoms with van der Waals surface area (Å²) >= 11 is 1.78. The van der Waals surface area contributed by atoms with Gasteiger partial charge in [-0.1, -0.05) is 12.1 Å². The lowest BCUT2D eigenvalue weighted by molar-refractivity contribution is 0.666. The van der Waals surface area contributed by atoms with Crippen LogP contribution in [0, 0.1) is 0 Å². The second kappa shape index (κ2) is 5.30. The van der Waals surface area contributed by atoms with E-state index in [4.69, 9.17) is 5.73 Å². The monoisotopic (exact) mass is 195 g/mol. The van der Waals surface area contributed by atoms with E-state index in [9.17, 15) is 0 Å². The summed E-state index contributed by atoms with van der Waals surface area (Å²) in [5.74, 6) is 0. The van der Waals surface area contributed by atoms with Crippen LogP contribution < -0.4 is 5.73 Å². The first-order chi connectivity index (χ1) is 6.22. The first-order valence-electron chi connectivity index (χ1n) is 4.61. The first kappa shape index (κ1) is 10.6. The molecule has 1 aromatic carbocycles. The molecule has 0 spiro atoms. The fourth-order valence-corrected chi connectivity index (χ4v) is 1.59. The Morgan fingerprint density at radius 2 is 1.92 bits per heavy atom. The van der Waals surface area contributed by atoms with E-state index < -0.39 is 0 Å². The molecule has 2 heteroatoms. The van der Waals surface area contributed by atoms with Crippen molar-refractivity contribution in [1.29, 1.82) is 0 Å². The van der Waals surface area contributed by atoms with Gasteiger partial charge >= 0.3 is 0 Å². The zero-order chi connectivity index (χ0) is 9.68. The molecular weight excluding hydrogens is 178 g/mol. The summed E-state index contributed by atoms with van der Waals surface area (Å²) in [7, 11) is 0. The summed E-state index contributed by atoms with van der Waals surface area (Å²) in [6.07, 6.45) is 4.25. The Morgan fingerprint density at radius 1 is 1.31 bits per heavy atom. The van der Waals surface area contributed by atoms with E-state index in [2.05, 4.69) is 37.4 Å². The van der Waals surface area contributed by atoms with Crippen molar-refractivity contribution in [3.8, 4) is 0 Å². The van der Waals surface area contributed by atoms with Crippen LogP contribution in [0.1, 0.15) is 18.9 Å². The maximum absolute atomic E-state index is 5.69. The smallest absolute Gasteiger partial charge is 0.00693 e. The lowest BCUT2D eigenvalue weighted by Gasteiger charge is -2.05. The standard InChI is InChI=1S/C11H17NS/c1-9(12)3-4-10-5-7-11(13-2)8-6-10/h5-9H,3-4,12H2,1-2H3/t9-/m1/s1. The number of benzene rings is 1. The lowest BCUT2D eigenvalue weighted by atomic mass is 10.1. The van der Waals surface area contributed by atoms with Gasteiger partial charge in [-0.05, 0) is 43.7 Å². The van der Waals surface area contributed by atoms with Gasteiger partial charge in [0.1, 0.15) is 0 Å². The minimum absolute atomic E-state index is 0.306. The largest absolute Gasteiger partial charge is 0.328 e. The lowest BCUT2D eigenvalue weighted by Crippen LogP contribution is -2.15. The molecule has 0 aliphatic heterocycles. The molecule has 1 aromatic rings. The Balaban J connectivity index is 2.49. The first-order valence-corrected chi connectivity index (χ1v) is 5.83. The molecule has 0 saturated carbocycles. The van der Waals surface area contributed by atoms with Crippen molar-refractivity contribution in [1.82, 2.24) is 0 Å². The van der Waals surface area contributed by atoms with Gasteiger partial charge in [-0.25, -0.2) is 0 Å². The molecule has 72 valence electrons. The van der Waals surface area contributed by atoms with Crippen LogP contribution in [-0.4, -0.2) is 12.3 Å². The summed E-state index contributed by atoms with van der Waals surface area (Å²) in [4.78, 5) is 1.32. The molecule has 0 fully saturated rings. The summed E-state index contributed by atoms with van der Waals surface area (Å²) < 4.78 is 0. The summed E-state index contributed by atoms with van der Waals surface area (Å²) in [5.41, 5.74) is 7.08. The van der Waals surface area contributed by atoms with Crippen LogP contribution in [0.4, 0.5) is 0 Å². The molecule has 0 aromatic heterocycles. The fraction of sp³-hybridized carbons (Fsp3) is 0.455. The summed E-state index contributed by atoms with van der Waals surface area (Å²) in [5, 5.41) is 0. The van der Waals surface area contributed by atoms with Gasteiger partial charge in [0.25, 0.3) is 0 Å². The number of thioether (sulfide) groups is 1. The van der Waals surface area contributed by atoms with Crippen molar-refractivity contribution in [2.24, 2.45) is 5.73 Å². The van der Waals surface area contributed by atoms with Crippen LogP contribution in [0.15, 0.2) is 29.2 Å². The normalized spacial score (nSPS) is 12.8. The Kier molecular flexibility index (Phi) is 4.33. The number of hydrogen-bond acceptors (Lipinski definition) is 2. The van der Waals surface area contributed by atoms with E-state index in [0.717, 1.165) is 12.8 Å². The zero-order valence-electron chi connectivity index (χ0n) is 8.29. The minimum Gasteiger partial charge on any atom is -0.328 e. The highest BCUT2D eigenvalue weighted by molar-refractivity contribution is 7.98. The highest BCUT2D eigenvalue weighted by Crippen LogP contribution is 2.15. The Morgan fingerprint density at radius 3 is 2.38 bits per heavy atom. The van der Waals surface area contributed by atoms with Crippen molar-refractivity contribution in [3.05, 3.63) is 29.8 Å². The molecule has 0 saturated heterocycles. The molecule has 0 unspecified atom stereocenters. The molecule has 0 aliphatic carbocycles. The van der Waals surface area contributed by atoms with E-state index in [0.29, 0.717) is 6.04 Å². The van der Waals surface area contributed by atoms with Crippen LogP contribution in [0.5, 0.6) is 0 Å². The van der Waals surface area contributed by atoms with Crippen LogP contribution in [0.25, 0.3) is 0 Å².